The van der Waals surface area contributed by atoms with Crippen LogP contribution in [-0.4, -0.2) is 49.3 Å². The van der Waals surface area contributed by atoms with E-state index in [0.29, 0.717) is 17.2 Å². The number of rotatable bonds is 6. The van der Waals surface area contributed by atoms with Gasteiger partial charge in [0.2, 0.25) is 5.95 Å². The molecule has 2 N–H and O–H groups in total. The molecule has 3 heterocycles. The third-order valence-electron chi connectivity index (χ3n) is 3.98. The lowest BCUT2D eigenvalue weighted by Crippen LogP contribution is -2.16. The number of benzene rings is 1. The summed E-state index contributed by atoms with van der Waals surface area (Å²) in [7, 11) is -3.88. The first-order valence-corrected chi connectivity index (χ1v) is 10.3. The van der Waals surface area contributed by atoms with E-state index in [4.69, 9.17) is 0 Å². The third-order valence-corrected chi connectivity index (χ3v) is 5.32. The van der Waals surface area contributed by atoms with Gasteiger partial charge in [0.1, 0.15) is 12.7 Å². The second-order valence-corrected chi connectivity index (χ2v) is 7.90. The number of amides is 1. The Labute approximate surface area is 176 Å². The summed E-state index contributed by atoms with van der Waals surface area (Å²) in [6, 6.07) is 10.3. The number of anilines is 2. The van der Waals surface area contributed by atoms with Crippen molar-refractivity contribution < 1.29 is 13.2 Å². The first kappa shape index (κ1) is 20.0. The summed E-state index contributed by atoms with van der Waals surface area (Å²) < 4.78 is 28.7. The van der Waals surface area contributed by atoms with Crippen LogP contribution in [0.1, 0.15) is 16.2 Å². The molecule has 13 heteroatoms. The molecule has 0 aliphatic rings. The summed E-state index contributed by atoms with van der Waals surface area (Å²) in [5.41, 5.74) is 1.10. The van der Waals surface area contributed by atoms with E-state index < -0.39 is 15.9 Å². The van der Waals surface area contributed by atoms with E-state index in [1.807, 2.05) is 0 Å². The normalized spacial score (nSPS) is 11.1. The summed E-state index contributed by atoms with van der Waals surface area (Å²) in [5.74, 6) is -0.112. The van der Waals surface area contributed by atoms with E-state index in [1.54, 1.807) is 19.1 Å². The number of nitrogens with one attached hydrogen (secondary N) is 2. The maximum atomic E-state index is 12.5. The Hall–Kier alpha value is -4.26. The van der Waals surface area contributed by atoms with Crippen LogP contribution in [0, 0.1) is 6.92 Å². The van der Waals surface area contributed by atoms with Crippen molar-refractivity contribution in [2.24, 2.45) is 0 Å². The molecule has 0 spiro atoms. The van der Waals surface area contributed by atoms with Crippen molar-refractivity contribution in [2.45, 2.75) is 11.8 Å². The quantitative estimate of drug-likeness (QED) is 0.452. The monoisotopic (exact) mass is 437 g/mol. The van der Waals surface area contributed by atoms with Crippen LogP contribution < -0.4 is 10.0 Å². The van der Waals surface area contributed by atoms with Gasteiger partial charge >= 0.3 is 0 Å². The second kappa shape index (κ2) is 8.23. The molecule has 0 aliphatic heterocycles. The van der Waals surface area contributed by atoms with E-state index in [0.717, 1.165) is 0 Å². The summed E-state index contributed by atoms with van der Waals surface area (Å²) in [4.78, 5) is 24.1. The SMILES string of the molecule is Cc1ccnc(NS(=O)(=O)c2ccc(NC(=O)c3ccc(-n4cncn4)nn3)cc2)n1. The van der Waals surface area contributed by atoms with Crippen molar-refractivity contribution in [3.63, 3.8) is 0 Å². The molecule has 0 bridgehead atoms. The van der Waals surface area contributed by atoms with Crippen LogP contribution in [0.3, 0.4) is 0 Å². The van der Waals surface area contributed by atoms with Gasteiger partial charge in [0.15, 0.2) is 11.5 Å². The fraction of sp³-hybridized carbons (Fsp3) is 0.0556. The smallest absolute Gasteiger partial charge is 0.276 e. The molecule has 4 aromatic rings. The standard InChI is InChI=1S/C18H15N9O3S/c1-12-8-9-20-18(22-12)26-31(29,30)14-4-2-13(3-5-14)23-17(28)15-6-7-16(25-24-15)27-11-19-10-21-27/h2-11H,1H3,(H,23,28)(H,20,22,26). The van der Waals surface area contributed by atoms with Crippen molar-refractivity contribution in [3.05, 3.63) is 72.7 Å². The molecule has 156 valence electrons. The minimum atomic E-state index is -3.88. The van der Waals surface area contributed by atoms with Gasteiger partial charge in [-0.3, -0.25) is 4.79 Å². The fourth-order valence-corrected chi connectivity index (χ4v) is 3.44. The molecule has 4 rings (SSSR count). The Morgan fingerprint density at radius 2 is 1.84 bits per heavy atom. The first-order valence-electron chi connectivity index (χ1n) is 8.83. The van der Waals surface area contributed by atoms with Gasteiger partial charge in [0, 0.05) is 17.6 Å². The van der Waals surface area contributed by atoms with Gasteiger partial charge in [-0.05, 0) is 49.4 Å². The summed E-state index contributed by atoms with van der Waals surface area (Å²) in [6.45, 7) is 1.73. The molecule has 0 unspecified atom stereocenters. The Morgan fingerprint density at radius 3 is 2.48 bits per heavy atom. The van der Waals surface area contributed by atoms with Crippen LogP contribution in [0.4, 0.5) is 11.6 Å². The molecule has 0 saturated carbocycles. The molecule has 0 saturated heterocycles. The molecule has 12 nitrogen and oxygen atoms in total. The number of aromatic nitrogens is 7. The highest BCUT2D eigenvalue weighted by atomic mass is 32.2. The summed E-state index contributed by atoms with van der Waals surface area (Å²) in [5, 5.41) is 14.4. The molecule has 31 heavy (non-hydrogen) atoms. The highest BCUT2D eigenvalue weighted by Crippen LogP contribution is 2.17. The fourth-order valence-electron chi connectivity index (χ4n) is 2.48. The molecule has 0 atom stereocenters. The van der Waals surface area contributed by atoms with Gasteiger partial charge in [-0.1, -0.05) is 0 Å². The minimum absolute atomic E-state index is 0.00687. The Balaban J connectivity index is 1.43. The van der Waals surface area contributed by atoms with Crippen molar-refractivity contribution >= 4 is 27.6 Å². The number of carbonyl (C=O) groups excluding carboxylic acids is 1. The molecule has 3 aromatic heterocycles. The zero-order chi connectivity index (χ0) is 21.8. The van der Waals surface area contributed by atoms with E-state index in [-0.39, 0.29) is 16.5 Å². The Bertz CT molecular complexity index is 1310. The molecular formula is C18H15N9O3S. The highest BCUT2D eigenvalue weighted by Gasteiger charge is 2.16. The van der Waals surface area contributed by atoms with Gasteiger partial charge in [0.25, 0.3) is 15.9 Å². The third kappa shape index (κ3) is 4.67. The van der Waals surface area contributed by atoms with Crippen molar-refractivity contribution in [1.29, 1.82) is 0 Å². The predicted molar refractivity (Wildman–Crippen MR) is 109 cm³/mol. The van der Waals surface area contributed by atoms with Gasteiger partial charge in [0.05, 0.1) is 4.90 Å². The van der Waals surface area contributed by atoms with Crippen LogP contribution in [0.15, 0.2) is 66.2 Å². The number of carbonyl (C=O) groups is 1. The van der Waals surface area contributed by atoms with Crippen LogP contribution >= 0.6 is 0 Å². The number of aryl methyl sites for hydroxylation is 1. The number of hydrogen-bond donors (Lipinski definition) is 2. The number of nitrogens with zero attached hydrogens (tertiary/aromatic N) is 7. The van der Waals surface area contributed by atoms with Gasteiger partial charge in [-0.2, -0.15) is 5.10 Å². The van der Waals surface area contributed by atoms with Gasteiger partial charge in [-0.25, -0.2) is 32.8 Å². The molecular weight excluding hydrogens is 422 g/mol. The number of sulfonamides is 1. The van der Waals surface area contributed by atoms with Gasteiger partial charge in [-0.15, -0.1) is 10.2 Å². The maximum Gasteiger partial charge on any atom is 0.276 e. The van der Waals surface area contributed by atoms with Crippen molar-refractivity contribution in [2.75, 3.05) is 10.0 Å². The lowest BCUT2D eigenvalue weighted by Gasteiger charge is -2.08. The molecule has 0 fully saturated rings. The maximum absolute atomic E-state index is 12.5. The van der Waals surface area contributed by atoms with Crippen LogP contribution in [0.25, 0.3) is 5.82 Å². The van der Waals surface area contributed by atoms with Crippen LogP contribution in [0.5, 0.6) is 0 Å². The Kier molecular flexibility index (Phi) is 5.32. The predicted octanol–water partition coefficient (Wildman–Crippen LogP) is 1.21. The summed E-state index contributed by atoms with van der Waals surface area (Å²) in [6.07, 6.45) is 4.27. The average Bonchev–Trinajstić information content (AvgIpc) is 3.29. The Morgan fingerprint density at radius 1 is 1.03 bits per heavy atom. The number of hydrogen-bond acceptors (Lipinski definition) is 9. The molecule has 0 aliphatic carbocycles. The first-order chi connectivity index (χ1) is 14.9. The van der Waals surface area contributed by atoms with Crippen LogP contribution in [0.2, 0.25) is 0 Å². The van der Waals surface area contributed by atoms with Crippen molar-refractivity contribution in [3.8, 4) is 5.82 Å². The topological polar surface area (TPSA) is 158 Å². The van der Waals surface area contributed by atoms with Gasteiger partial charge < -0.3 is 5.32 Å². The lowest BCUT2D eigenvalue weighted by molar-refractivity contribution is 0.102. The van der Waals surface area contributed by atoms with E-state index in [1.165, 1.54) is 53.9 Å². The molecule has 0 radical (unpaired) electrons. The van der Waals surface area contributed by atoms with E-state index in [9.17, 15) is 13.2 Å². The zero-order valence-corrected chi connectivity index (χ0v) is 16.9. The zero-order valence-electron chi connectivity index (χ0n) is 16.0. The van der Waals surface area contributed by atoms with E-state index >= 15 is 0 Å². The highest BCUT2D eigenvalue weighted by molar-refractivity contribution is 7.92. The molecule has 1 amide bonds. The lowest BCUT2D eigenvalue weighted by atomic mass is 10.3. The van der Waals surface area contributed by atoms with E-state index in [2.05, 4.69) is 40.3 Å². The largest absolute Gasteiger partial charge is 0.321 e. The second-order valence-electron chi connectivity index (χ2n) is 6.22. The minimum Gasteiger partial charge on any atom is -0.321 e. The molecule has 1 aromatic carbocycles. The van der Waals surface area contributed by atoms with Crippen molar-refractivity contribution in [1.82, 2.24) is 34.9 Å². The average molecular weight is 437 g/mol. The van der Waals surface area contributed by atoms with Crippen LogP contribution in [-0.2, 0) is 10.0 Å². The summed E-state index contributed by atoms with van der Waals surface area (Å²) >= 11 is 0.